The maximum absolute atomic E-state index is 13.6. The molecule has 1 aromatic rings. The van der Waals surface area contributed by atoms with Gasteiger partial charge in [-0.2, -0.15) is 0 Å². The number of aliphatic imine (C=N–C) groups is 1. The third-order valence-corrected chi connectivity index (χ3v) is 3.90. The van der Waals surface area contributed by atoms with Crippen molar-refractivity contribution in [2.75, 3.05) is 26.2 Å². The van der Waals surface area contributed by atoms with E-state index in [4.69, 9.17) is 0 Å². The van der Waals surface area contributed by atoms with Crippen LogP contribution in [0.3, 0.4) is 0 Å². The molecule has 1 aromatic carbocycles. The van der Waals surface area contributed by atoms with Crippen molar-refractivity contribution in [2.45, 2.75) is 40.0 Å². The van der Waals surface area contributed by atoms with Crippen LogP contribution in [0.4, 0.5) is 8.78 Å². The number of benzene rings is 1. The molecule has 4 nitrogen and oxygen atoms in total. The zero-order valence-corrected chi connectivity index (χ0v) is 15.5. The van der Waals surface area contributed by atoms with Gasteiger partial charge in [0.2, 0.25) is 0 Å². The standard InChI is InChI=1S/C19H31F2N3O/c1-4-22-19(24-13-15(8-10-25)11-14(2)3)23-9-7-16-5-6-17(20)12-18(16)21/h5-6,12,14-15,25H,4,7-11,13H2,1-3H3,(H2,22,23,24). The van der Waals surface area contributed by atoms with Gasteiger partial charge in [-0.3, -0.25) is 4.99 Å². The van der Waals surface area contributed by atoms with Crippen LogP contribution in [0.25, 0.3) is 0 Å². The topological polar surface area (TPSA) is 56.7 Å². The van der Waals surface area contributed by atoms with Gasteiger partial charge in [-0.25, -0.2) is 8.78 Å². The maximum atomic E-state index is 13.6. The van der Waals surface area contributed by atoms with Crippen LogP contribution in [0.5, 0.6) is 0 Å². The van der Waals surface area contributed by atoms with Gasteiger partial charge in [0.1, 0.15) is 11.6 Å². The van der Waals surface area contributed by atoms with E-state index in [1.807, 2.05) is 6.92 Å². The van der Waals surface area contributed by atoms with Gasteiger partial charge in [-0.15, -0.1) is 0 Å². The van der Waals surface area contributed by atoms with Crippen LogP contribution < -0.4 is 10.6 Å². The zero-order chi connectivity index (χ0) is 18.7. The summed E-state index contributed by atoms with van der Waals surface area (Å²) >= 11 is 0. The number of rotatable bonds is 10. The van der Waals surface area contributed by atoms with E-state index in [-0.39, 0.29) is 6.61 Å². The number of guanidine groups is 1. The molecule has 0 saturated heterocycles. The van der Waals surface area contributed by atoms with E-state index in [1.165, 1.54) is 12.1 Å². The molecule has 0 heterocycles. The van der Waals surface area contributed by atoms with Crippen LogP contribution in [0.2, 0.25) is 0 Å². The monoisotopic (exact) mass is 355 g/mol. The molecule has 0 aliphatic carbocycles. The minimum absolute atomic E-state index is 0.167. The highest BCUT2D eigenvalue weighted by molar-refractivity contribution is 5.79. The molecule has 6 heteroatoms. The molecule has 142 valence electrons. The Morgan fingerprint density at radius 2 is 2.00 bits per heavy atom. The lowest BCUT2D eigenvalue weighted by atomic mass is 9.94. The minimum atomic E-state index is -0.566. The number of nitrogens with zero attached hydrogens (tertiary/aromatic N) is 1. The second-order valence-corrected chi connectivity index (χ2v) is 6.64. The van der Waals surface area contributed by atoms with Crippen LogP contribution in [-0.2, 0) is 6.42 Å². The van der Waals surface area contributed by atoms with Gasteiger partial charge < -0.3 is 15.7 Å². The van der Waals surface area contributed by atoms with Crippen molar-refractivity contribution >= 4 is 5.96 Å². The van der Waals surface area contributed by atoms with Crippen molar-refractivity contribution < 1.29 is 13.9 Å². The van der Waals surface area contributed by atoms with Crippen LogP contribution in [0.15, 0.2) is 23.2 Å². The van der Waals surface area contributed by atoms with Crippen molar-refractivity contribution in [2.24, 2.45) is 16.8 Å². The number of nitrogens with one attached hydrogen (secondary N) is 2. The number of aliphatic hydroxyl groups is 1. The number of hydrogen-bond donors (Lipinski definition) is 3. The summed E-state index contributed by atoms with van der Waals surface area (Å²) in [6.45, 7) is 8.34. The van der Waals surface area contributed by atoms with E-state index in [9.17, 15) is 13.9 Å². The molecule has 0 amide bonds. The number of aliphatic hydroxyl groups excluding tert-OH is 1. The average molecular weight is 355 g/mol. The molecule has 1 unspecified atom stereocenters. The second-order valence-electron chi connectivity index (χ2n) is 6.64. The van der Waals surface area contributed by atoms with Crippen molar-refractivity contribution in [1.82, 2.24) is 10.6 Å². The van der Waals surface area contributed by atoms with Crippen LogP contribution in [-0.4, -0.2) is 37.3 Å². The van der Waals surface area contributed by atoms with Gasteiger partial charge in [-0.1, -0.05) is 19.9 Å². The van der Waals surface area contributed by atoms with Gasteiger partial charge in [0.15, 0.2) is 5.96 Å². The first kappa shape index (κ1) is 21.4. The molecule has 0 saturated carbocycles. The number of halogens is 2. The van der Waals surface area contributed by atoms with E-state index in [1.54, 1.807) is 0 Å². The smallest absolute Gasteiger partial charge is 0.191 e. The summed E-state index contributed by atoms with van der Waals surface area (Å²) in [4.78, 5) is 4.58. The first-order valence-corrected chi connectivity index (χ1v) is 9.03. The summed E-state index contributed by atoms with van der Waals surface area (Å²) in [6, 6.07) is 3.64. The maximum Gasteiger partial charge on any atom is 0.191 e. The Labute approximate surface area is 149 Å². The predicted octanol–water partition coefficient (Wildman–Crippen LogP) is 3.11. The van der Waals surface area contributed by atoms with E-state index in [2.05, 4.69) is 29.5 Å². The molecule has 0 fully saturated rings. The number of hydrogen-bond acceptors (Lipinski definition) is 2. The van der Waals surface area contributed by atoms with Crippen LogP contribution in [0.1, 0.15) is 39.2 Å². The molecule has 0 radical (unpaired) electrons. The molecule has 0 aliphatic heterocycles. The normalized spacial score (nSPS) is 13.2. The third kappa shape index (κ3) is 8.82. The molecule has 1 rings (SSSR count). The Bertz CT molecular complexity index is 535. The molecule has 3 N–H and O–H groups in total. The summed E-state index contributed by atoms with van der Waals surface area (Å²) in [5.41, 5.74) is 0.475. The lowest BCUT2D eigenvalue weighted by molar-refractivity contribution is 0.245. The Kier molecular flexibility index (Phi) is 10.1. The summed E-state index contributed by atoms with van der Waals surface area (Å²) in [7, 11) is 0. The second kappa shape index (κ2) is 11.8. The Morgan fingerprint density at radius 3 is 2.60 bits per heavy atom. The van der Waals surface area contributed by atoms with E-state index in [0.717, 1.165) is 25.5 Å². The summed E-state index contributed by atoms with van der Waals surface area (Å²) in [5, 5.41) is 15.5. The highest BCUT2D eigenvalue weighted by Crippen LogP contribution is 2.15. The SMILES string of the molecule is CCNC(=NCC(CCO)CC(C)C)NCCc1ccc(F)cc1F. The van der Waals surface area contributed by atoms with Crippen molar-refractivity contribution in [3.63, 3.8) is 0 Å². The molecule has 0 spiro atoms. The summed E-state index contributed by atoms with van der Waals surface area (Å²) < 4.78 is 26.6. The molecular formula is C19H31F2N3O. The zero-order valence-electron chi connectivity index (χ0n) is 15.5. The van der Waals surface area contributed by atoms with Gasteiger partial charge >= 0.3 is 0 Å². The summed E-state index contributed by atoms with van der Waals surface area (Å²) in [5.74, 6) is 0.489. The largest absolute Gasteiger partial charge is 0.396 e. The highest BCUT2D eigenvalue weighted by atomic mass is 19.1. The fourth-order valence-corrected chi connectivity index (χ4v) is 2.74. The molecule has 0 aliphatic rings. The molecule has 0 aromatic heterocycles. The lowest BCUT2D eigenvalue weighted by Gasteiger charge is -2.17. The summed E-state index contributed by atoms with van der Waals surface area (Å²) in [6.07, 6.45) is 2.20. The minimum Gasteiger partial charge on any atom is -0.396 e. The van der Waals surface area contributed by atoms with E-state index >= 15 is 0 Å². The van der Waals surface area contributed by atoms with Gasteiger partial charge in [0, 0.05) is 32.3 Å². The molecule has 0 bridgehead atoms. The van der Waals surface area contributed by atoms with Crippen LogP contribution >= 0.6 is 0 Å². The lowest BCUT2D eigenvalue weighted by Crippen LogP contribution is -2.38. The highest BCUT2D eigenvalue weighted by Gasteiger charge is 2.11. The van der Waals surface area contributed by atoms with E-state index < -0.39 is 11.6 Å². The van der Waals surface area contributed by atoms with Crippen molar-refractivity contribution in [1.29, 1.82) is 0 Å². The van der Waals surface area contributed by atoms with Gasteiger partial charge in [0.05, 0.1) is 0 Å². The Morgan fingerprint density at radius 1 is 1.24 bits per heavy atom. The Hall–Kier alpha value is -1.69. The quantitative estimate of drug-likeness (QED) is 0.446. The van der Waals surface area contributed by atoms with Gasteiger partial charge in [-0.05, 0) is 49.7 Å². The fraction of sp³-hybridized carbons (Fsp3) is 0.632. The first-order valence-electron chi connectivity index (χ1n) is 9.03. The molecule has 25 heavy (non-hydrogen) atoms. The molecule has 1 atom stereocenters. The molecular weight excluding hydrogens is 324 g/mol. The Balaban J connectivity index is 2.56. The first-order chi connectivity index (χ1) is 12.0. The van der Waals surface area contributed by atoms with Crippen molar-refractivity contribution in [3.05, 3.63) is 35.4 Å². The fourth-order valence-electron chi connectivity index (χ4n) is 2.74. The van der Waals surface area contributed by atoms with Crippen LogP contribution in [0, 0.1) is 23.5 Å². The average Bonchev–Trinajstić information content (AvgIpc) is 2.54. The third-order valence-electron chi connectivity index (χ3n) is 3.90. The predicted molar refractivity (Wildman–Crippen MR) is 98.7 cm³/mol. The van der Waals surface area contributed by atoms with Gasteiger partial charge in [0.25, 0.3) is 0 Å². The van der Waals surface area contributed by atoms with E-state index in [0.29, 0.717) is 42.9 Å². The van der Waals surface area contributed by atoms with Crippen molar-refractivity contribution in [3.8, 4) is 0 Å².